The monoisotopic (exact) mass is 351 g/mol. The van der Waals surface area contributed by atoms with Gasteiger partial charge >= 0.3 is 0 Å². The van der Waals surface area contributed by atoms with Gasteiger partial charge in [0, 0.05) is 12.8 Å². The zero-order valence-corrected chi connectivity index (χ0v) is 14.9. The van der Waals surface area contributed by atoms with Gasteiger partial charge in [-0.05, 0) is 31.2 Å². The third kappa shape index (κ3) is 4.08. The average Bonchev–Trinajstić information content (AvgIpc) is 2.67. The molecular weight excluding hydrogens is 330 g/mol. The molecule has 0 aliphatic heterocycles. The molecule has 0 fully saturated rings. The first-order chi connectivity index (χ1) is 12.7. The van der Waals surface area contributed by atoms with Crippen LogP contribution in [-0.2, 0) is 11.2 Å². The van der Waals surface area contributed by atoms with Gasteiger partial charge in [-0.2, -0.15) is 0 Å². The van der Waals surface area contributed by atoms with E-state index in [4.69, 9.17) is 9.47 Å². The van der Waals surface area contributed by atoms with Crippen molar-refractivity contribution in [2.45, 2.75) is 19.8 Å². The minimum atomic E-state index is -0.117. The number of nitrogens with zero attached hydrogens (tertiary/aromatic N) is 2. The van der Waals surface area contributed by atoms with Crippen LogP contribution in [0.4, 0.5) is 5.69 Å². The van der Waals surface area contributed by atoms with Gasteiger partial charge in [0.25, 0.3) is 0 Å². The minimum absolute atomic E-state index is 0.117. The molecule has 6 nitrogen and oxygen atoms in total. The second-order valence-corrected chi connectivity index (χ2v) is 5.65. The van der Waals surface area contributed by atoms with Crippen LogP contribution in [0.1, 0.15) is 19.0 Å². The molecular formula is C20H21N3O3. The summed E-state index contributed by atoms with van der Waals surface area (Å²) in [6.45, 7) is 2.44. The lowest BCUT2D eigenvalue weighted by atomic mass is 10.2. The van der Waals surface area contributed by atoms with Crippen LogP contribution in [0.5, 0.6) is 11.6 Å². The number of para-hydroxylation sites is 4. The van der Waals surface area contributed by atoms with Gasteiger partial charge < -0.3 is 14.8 Å². The van der Waals surface area contributed by atoms with Crippen molar-refractivity contribution in [1.29, 1.82) is 0 Å². The van der Waals surface area contributed by atoms with Crippen molar-refractivity contribution in [2.24, 2.45) is 0 Å². The molecule has 0 atom stereocenters. The molecule has 3 aromatic rings. The molecule has 26 heavy (non-hydrogen) atoms. The SMILES string of the molecule is CCOc1ccccc1NC(=O)CCc1nc2ccccc2nc1OC. The summed E-state index contributed by atoms with van der Waals surface area (Å²) in [7, 11) is 1.56. The number of carbonyl (C=O) groups is 1. The fraction of sp³-hybridized carbons (Fsp3) is 0.250. The fourth-order valence-electron chi connectivity index (χ4n) is 2.64. The highest BCUT2D eigenvalue weighted by Gasteiger charge is 2.13. The van der Waals surface area contributed by atoms with Crippen LogP contribution in [0.15, 0.2) is 48.5 Å². The summed E-state index contributed by atoms with van der Waals surface area (Å²) in [4.78, 5) is 21.4. The molecule has 1 heterocycles. The van der Waals surface area contributed by atoms with Gasteiger partial charge in [-0.25, -0.2) is 9.97 Å². The summed E-state index contributed by atoms with van der Waals surface area (Å²) >= 11 is 0. The van der Waals surface area contributed by atoms with Gasteiger partial charge in [-0.1, -0.05) is 24.3 Å². The summed E-state index contributed by atoms with van der Waals surface area (Å²) in [5.41, 5.74) is 2.88. The molecule has 0 aliphatic rings. The number of hydrogen-bond donors (Lipinski definition) is 1. The number of nitrogens with one attached hydrogen (secondary N) is 1. The third-order valence-electron chi connectivity index (χ3n) is 3.85. The van der Waals surface area contributed by atoms with E-state index in [0.717, 1.165) is 11.0 Å². The summed E-state index contributed by atoms with van der Waals surface area (Å²) in [5.74, 6) is 0.992. The maximum Gasteiger partial charge on any atom is 0.235 e. The number of methoxy groups -OCH3 is 1. The van der Waals surface area contributed by atoms with Crippen LogP contribution in [0.25, 0.3) is 11.0 Å². The Kier molecular flexibility index (Phi) is 5.63. The van der Waals surface area contributed by atoms with E-state index in [1.165, 1.54) is 0 Å². The summed E-state index contributed by atoms with van der Waals surface area (Å²) in [6, 6.07) is 15.0. The molecule has 134 valence electrons. The van der Waals surface area contributed by atoms with Crippen LogP contribution in [0.3, 0.4) is 0 Å². The number of anilines is 1. The van der Waals surface area contributed by atoms with E-state index in [0.29, 0.717) is 36.0 Å². The number of benzene rings is 2. The number of aryl methyl sites for hydroxylation is 1. The molecule has 3 rings (SSSR count). The number of ether oxygens (including phenoxy) is 2. The van der Waals surface area contributed by atoms with Gasteiger partial charge in [0.15, 0.2) is 0 Å². The third-order valence-corrected chi connectivity index (χ3v) is 3.85. The lowest BCUT2D eigenvalue weighted by molar-refractivity contribution is -0.116. The Morgan fingerprint density at radius 1 is 1.04 bits per heavy atom. The van der Waals surface area contributed by atoms with Crippen LogP contribution in [0, 0.1) is 0 Å². The number of fused-ring (bicyclic) bond motifs is 1. The zero-order valence-electron chi connectivity index (χ0n) is 14.9. The van der Waals surface area contributed by atoms with Gasteiger partial charge in [-0.15, -0.1) is 0 Å². The van der Waals surface area contributed by atoms with Gasteiger partial charge in [0.2, 0.25) is 11.8 Å². The van der Waals surface area contributed by atoms with E-state index in [2.05, 4.69) is 15.3 Å². The predicted octanol–water partition coefficient (Wildman–Crippen LogP) is 3.61. The smallest absolute Gasteiger partial charge is 0.235 e. The standard InChI is InChI=1S/C20H21N3O3/c1-3-26-18-11-7-6-10-16(18)22-19(24)13-12-17-20(25-2)23-15-9-5-4-8-14(15)21-17/h4-11H,3,12-13H2,1-2H3,(H,22,24). The first-order valence-corrected chi connectivity index (χ1v) is 8.52. The van der Waals surface area contributed by atoms with E-state index in [-0.39, 0.29) is 12.3 Å². The number of rotatable bonds is 7. The number of amides is 1. The number of hydrogen-bond acceptors (Lipinski definition) is 5. The van der Waals surface area contributed by atoms with E-state index in [1.54, 1.807) is 7.11 Å². The Bertz CT molecular complexity index is 912. The Balaban J connectivity index is 1.71. The second-order valence-electron chi connectivity index (χ2n) is 5.65. The Hall–Kier alpha value is -3.15. The predicted molar refractivity (Wildman–Crippen MR) is 101 cm³/mol. The van der Waals surface area contributed by atoms with Crippen molar-refractivity contribution in [1.82, 2.24) is 9.97 Å². The van der Waals surface area contributed by atoms with Crippen molar-refractivity contribution in [2.75, 3.05) is 19.0 Å². The highest BCUT2D eigenvalue weighted by molar-refractivity contribution is 5.92. The van der Waals surface area contributed by atoms with Crippen molar-refractivity contribution in [3.05, 3.63) is 54.2 Å². The second kappa shape index (κ2) is 8.29. The van der Waals surface area contributed by atoms with Crippen LogP contribution in [0.2, 0.25) is 0 Å². The van der Waals surface area contributed by atoms with Crippen molar-refractivity contribution >= 4 is 22.6 Å². The Morgan fingerprint density at radius 3 is 2.46 bits per heavy atom. The number of carbonyl (C=O) groups excluding carboxylic acids is 1. The molecule has 0 aliphatic carbocycles. The lowest BCUT2D eigenvalue weighted by Crippen LogP contribution is -2.14. The fourth-order valence-corrected chi connectivity index (χ4v) is 2.64. The Morgan fingerprint density at radius 2 is 1.73 bits per heavy atom. The quantitative estimate of drug-likeness (QED) is 0.704. The molecule has 0 radical (unpaired) electrons. The summed E-state index contributed by atoms with van der Waals surface area (Å²) in [5, 5.41) is 2.89. The van der Waals surface area contributed by atoms with Crippen molar-refractivity contribution in [3.8, 4) is 11.6 Å². The molecule has 1 aromatic heterocycles. The molecule has 0 saturated carbocycles. The van der Waals surface area contributed by atoms with Crippen LogP contribution >= 0.6 is 0 Å². The summed E-state index contributed by atoms with van der Waals surface area (Å²) < 4.78 is 10.9. The van der Waals surface area contributed by atoms with E-state index < -0.39 is 0 Å². The first kappa shape index (κ1) is 17.7. The molecule has 0 saturated heterocycles. The molecule has 1 N–H and O–H groups in total. The molecule has 2 aromatic carbocycles. The topological polar surface area (TPSA) is 73.3 Å². The Labute approximate surface area is 152 Å². The maximum absolute atomic E-state index is 12.3. The lowest BCUT2D eigenvalue weighted by Gasteiger charge is -2.12. The van der Waals surface area contributed by atoms with Crippen molar-refractivity contribution < 1.29 is 14.3 Å². The van der Waals surface area contributed by atoms with E-state index in [1.807, 2.05) is 55.5 Å². The highest BCUT2D eigenvalue weighted by Crippen LogP contribution is 2.24. The zero-order chi connectivity index (χ0) is 18.4. The van der Waals surface area contributed by atoms with Gasteiger partial charge in [0.05, 0.1) is 30.4 Å². The van der Waals surface area contributed by atoms with Crippen LogP contribution in [-0.4, -0.2) is 29.6 Å². The van der Waals surface area contributed by atoms with Gasteiger partial charge in [0.1, 0.15) is 11.4 Å². The average molecular weight is 351 g/mol. The molecule has 6 heteroatoms. The van der Waals surface area contributed by atoms with E-state index in [9.17, 15) is 4.79 Å². The number of aromatic nitrogens is 2. The largest absolute Gasteiger partial charge is 0.492 e. The van der Waals surface area contributed by atoms with Crippen LogP contribution < -0.4 is 14.8 Å². The normalized spacial score (nSPS) is 10.5. The molecule has 0 spiro atoms. The van der Waals surface area contributed by atoms with Gasteiger partial charge in [-0.3, -0.25) is 4.79 Å². The molecule has 0 unspecified atom stereocenters. The molecule has 0 bridgehead atoms. The summed E-state index contributed by atoms with van der Waals surface area (Å²) in [6.07, 6.45) is 0.702. The maximum atomic E-state index is 12.3. The first-order valence-electron chi connectivity index (χ1n) is 8.52. The highest BCUT2D eigenvalue weighted by atomic mass is 16.5. The van der Waals surface area contributed by atoms with E-state index >= 15 is 0 Å². The van der Waals surface area contributed by atoms with Crippen molar-refractivity contribution in [3.63, 3.8) is 0 Å². The minimum Gasteiger partial charge on any atom is -0.492 e. The molecule has 1 amide bonds.